The first-order valence-corrected chi connectivity index (χ1v) is 6.63. The average molecular weight is 257 g/mol. The van der Waals surface area contributed by atoms with Crippen LogP contribution in [0.4, 0.5) is 4.39 Å². The van der Waals surface area contributed by atoms with Gasteiger partial charge in [0.05, 0.1) is 0 Å². The van der Waals surface area contributed by atoms with Crippen LogP contribution in [0.25, 0.3) is 0 Å². The van der Waals surface area contributed by atoms with Gasteiger partial charge in [0.2, 0.25) is 0 Å². The van der Waals surface area contributed by atoms with Gasteiger partial charge in [-0.3, -0.25) is 0 Å². The van der Waals surface area contributed by atoms with Gasteiger partial charge in [0.25, 0.3) is 0 Å². The number of rotatable bonds is 4. The van der Waals surface area contributed by atoms with Crippen molar-refractivity contribution in [2.75, 3.05) is 0 Å². The average Bonchev–Trinajstić information content (AvgIpc) is 2.39. The summed E-state index contributed by atoms with van der Waals surface area (Å²) in [4.78, 5) is 0. The van der Waals surface area contributed by atoms with E-state index in [0.29, 0.717) is 5.56 Å². The standard InChI is InChI=1S/C17H20FN/c1-12-4-3-5-14(10-12)7-9-17(19)15-8-6-13(2)16(18)11-15/h3-6,8,10-11,17H,7,9,19H2,1-2H3. The first-order chi connectivity index (χ1) is 9.06. The molecular formula is C17H20FN. The van der Waals surface area contributed by atoms with E-state index in [4.69, 9.17) is 5.73 Å². The van der Waals surface area contributed by atoms with Crippen molar-refractivity contribution in [3.8, 4) is 0 Å². The first-order valence-electron chi connectivity index (χ1n) is 6.63. The minimum absolute atomic E-state index is 0.115. The Morgan fingerprint density at radius 1 is 1.11 bits per heavy atom. The molecule has 0 bridgehead atoms. The Balaban J connectivity index is 2.01. The van der Waals surface area contributed by atoms with E-state index in [1.807, 2.05) is 6.07 Å². The fourth-order valence-electron chi connectivity index (χ4n) is 2.20. The van der Waals surface area contributed by atoms with E-state index in [1.165, 1.54) is 11.1 Å². The number of hydrogen-bond acceptors (Lipinski definition) is 1. The zero-order valence-corrected chi connectivity index (χ0v) is 11.5. The lowest BCUT2D eigenvalue weighted by atomic mass is 9.98. The Kier molecular flexibility index (Phi) is 4.33. The molecule has 2 aromatic rings. The maximum absolute atomic E-state index is 13.5. The molecule has 2 aromatic carbocycles. The summed E-state index contributed by atoms with van der Waals surface area (Å²) in [6.07, 6.45) is 1.74. The van der Waals surface area contributed by atoms with Crippen molar-refractivity contribution in [2.45, 2.75) is 32.7 Å². The molecule has 1 atom stereocenters. The van der Waals surface area contributed by atoms with Crippen molar-refractivity contribution < 1.29 is 4.39 Å². The van der Waals surface area contributed by atoms with E-state index >= 15 is 0 Å². The van der Waals surface area contributed by atoms with E-state index < -0.39 is 0 Å². The highest BCUT2D eigenvalue weighted by Gasteiger charge is 2.08. The molecule has 2 N–H and O–H groups in total. The molecule has 1 nitrogen and oxygen atoms in total. The molecule has 0 radical (unpaired) electrons. The maximum Gasteiger partial charge on any atom is 0.126 e. The van der Waals surface area contributed by atoms with Crippen molar-refractivity contribution in [1.82, 2.24) is 0 Å². The lowest BCUT2D eigenvalue weighted by Crippen LogP contribution is -2.11. The molecule has 2 heteroatoms. The topological polar surface area (TPSA) is 26.0 Å². The maximum atomic E-state index is 13.5. The van der Waals surface area contributed by atoms with Crippen molar-refractivity contribution in [3.63, 3.8) is 0 Å². The Morgan fingerprint density at radius 2 is 1.89 bits per heavy atom. The predicted molar refractivity (Wildman–Crippen MR) is 77.6 cm³/mol. The smallest absolute Gasteiger partial charge is 0.126 e. The summed E-state index contributed by atoms with van der Waals surface area (Å²) in [5.74, 6) is -0.177. The van der Waals surface area contributed by atoms with Crippen LogP contribution in [0.2, 0.25) is 0 Å². The molecule has 0 spiro atoms. The molecule has 0 aliphatic heterocycles. The Hall–Kier alpha value is -1.67. The number of halogens is 1. The minimum atomic E-state index is -0.177. The Morgan fingerprint density at radius 3 is 2.58 bits per heavy atom. The Bertz CT molecular complexity index is 563. The van der Waals surface area contributed by atoms with Gasteiger partial charge in [0.15, 0.2) is 0 Å². The van der Waals surface area contributed by atoms with Crippen LogP contribution < -0.4 is 5.73 Å². The fraction of sp³-hybridized carbons (Fsp3) is 0.294. The molecular weight excluding hydrogens is 237 g/mol. The highest BCUT2D eigenvalue weighted by atomic mass is 19.1. The van der Waals surface area contributed by atoms with Crippen LogP contribution in [0.3, 0.4) is 0 Å². The summed E-state index contributed by atoms with van der Waals surface area (Å²) in [5, 5.41) is 0. The van der Waals surface area contributed by atoms with Crippen LogP contribution in [-0.2, 0) is 6.42 Å². The van der Waals surface area contributed by atoms with E-state index in [-0.39, 0.29) is 11.9 Å². The highest BCUT2D eigenvalue weighted by Crippen LogP contribution is 2.19. The highest BCUT2D eigenvalue weighted by molar-refractivity contribution is 5.26. The molecule has 0 amide bonds. The van der Waals surface area contributed by atoms with Crippen LogP contribution in [0.15, 0.2) is 42.5 Å². The van der Waals surface area contributed by atoms with Gasteiger partial charge in [-0.15, -0.1) is 0 Å². The van der Waals surface area contributed by atoms with Crippen LogP contribution in [0.5, 0.6) is 0 Å². The SMILES string of the molecule is Cc1cccc(CCC(N)c2ccc(C)c(F)c2)c1. The number of nitrogens with two attached hydrogens (primary N) is 1. The zero-order valence-electron chi connectivity index (χ0n) is 11.5. The monoisotopic (exact) mass is 257 g/mol. The van der Waals surface area contributed by atoms with Crippen LogP contribution in [-0.4, -0.2) is 0 Å². The van der Waals surface area contributed by atoms with Crippen molar-refractivity contribution in [1.29, 1.82) is 0 Å². The summed E-state index contributed by atoms with van der Waals surface area (Å²) < 4.78 is 13.5. The predicted octanol–water partition coefficient (Wildman–Crippen LogP) is 4.08. The van der Waals surface area contributed by atoms with E-state index in [0.717, 1.165) is 18.4 Å². The summed E-state index contributed by atoms with van der Waals surface area (Å²) in [5.41, 5.74) is 10.2. The molecule has 0 aliphatic rings. The van der Waals surface area contributed by atoms with Crippen LogP contribution in [0.1, 0.15) is 34.7 Å². The number of benzene rings is 2. The molecule has 0 saturated heterocycles. The second-order valence-electron chi connectivity index (χ2n) is 5.14. The van der Waals surface area contributed by atoms with Gasteiger partial charge in [0.1, 0.15) is 5.82 Å². The summed E-state index contributed by atoms with van der Waals surface area (Å²) in [6, 6.07) is 13.6. The summed E-state index contributed by atoms with van der Waals surface area (Å²) >= 11 is 0. The van der Waals surface area contributed by atoms with Gasteiger partial charge >= 0.3 is 0 Å². The number of hydrogen-bond donors (Lipinski definition) is 1. The molecule has 100 valence electrons. The normalized spacial score (nSPS) is 12.4. The lowest BCUT2D eigenvalue weighted by Gasteiger charge is -2.13. The van der Waals surface area contributed by atoms with Gasteiger partial charge in [0, 0.05) is 6.04 Å². The van der Waals surface area contributed by atoms with Crippen molar-refractivity contribution >= 4 is 0 Å². The number of aryl methyl sites for hydroxylation is 3. The molecule has 0 aliphatic carbocycles. The Labute approximate surface area is 114 Å². The molecule has 2 rings (SSSR count). The van der Waals surface area contributed by atoms with Crippen molar-refractivity contribution in [3.05, 3.63) is 70.5 Å². The third-order valence-corrected chi connectivity index (χ3v) is 3.45. The van der Waals surface area contributed by atoms with Gasteiger partial charge in [-0.05, 0) is 49.4 Å². The van der Waals surface area contributed by atoms with Gasteiger partial charge in [-0.25, -0.2) is 4.39 Å². The van der Waals surface area contributed by atoms with Crippen LogP contribution >= 0.6 is 0 Å². The third kappa shape index (κ3) is 3.65. The van der Waals surface area contributed by atoms with Crippen molar-refractivity contribution in [2.24, 2.45) is 5.73 Å². The van der Waals surface area contributed by atoms with Crippen LogP contribution in [0, 0.1) is 19.7 Å². The van der Waals surface area contributed by atoms with Gasteiger partial charge < -0.3 is 5.73 Å². The van der Waals surface area contributed by atoms with E-state index in [2.05, 4.69) is 31.2 Å². The molecule has 19 heavy (non-hydrogen) atoms. The second kappa shape index (κ2) is 5.98. The molecule has 0 fully saturated rings. The second-order valence-corrected chi connectivity index (χ2v) is 5.14. The quantitative estimate of drug-likeness (QED) is 0.877. The van der Waals surface area contributed by atoms with E-state index in [1.54, 1.807) is 19.1 Å². The molecule has 0 aromatic heterocycles. The fourth-order valence-corrected chi connectivity index (χ4v) is 2.20. The lowest BCUT2D eigenvalue weighted by molar-refractivity contribution is 0.602. The minimum Gasteiger partial charge on any atom is -0.324 e. The molecule has 0 saturated carbocycles. The zero-order chi connectivity index (χ0) is 13.8. The summed E-state index contributed by atoms with van der Waals surface area (Å²) in [7, 11) is 0. The van der Waals surface area contributed by atoms with Gasteiger partial charge in [-0.2, -0.15) is 0 Å². The first kappa shape index (κ1) is 13.8. The third-order valence-electron chi connectivity index (χ3n) is 3.45. The molecule has 0 heterocycles. The van der Waals surface area contributed by atoms with Gasteiger partial charge in [-0.1, -0.05) is 42.0 Å². The molecule has 1 unspecified atom stereocenters. The summed E-state index contributed by atoms with van der Waals surface area (Å²) in [6.45, 7) is 3.84. The largest absolute Gasteiger partial charge is 0.324 e. The van der Waals surface area contributed by atoms with E-state index in [9.17, 15) is 4.39 Å².